The molecular weight excluding hydrogens is 387 g/mol. The average Bonchev–Trinajstić information content (AvgIpc) is 3.15. The molecule has 3 rings (SSSR count). The van der Waals surface area contributed by atoms with Gasteiger partial charge in [-0.25, -0.2) is 9.67 Å². The highest BCUT2D eigenvalue weighted by Gasteiger charge is 2.33. The highest BCUT2D eigenvalue weighted by Crippen LogP contribution is 2.34. The number of carbonyl (C=O) groups excluding carboxylic acids is 1. The number of hydrogen-bond acceptors (Lipinski definition) is 6. The molecular formula is C15H12F3N5O3S. The number of rotatable bonds is 5. The second kappa shape index (κ2) is 6.95. The maximum absolute atomic E-state index is 12.8. The van der Waals surface area contributed by atoms with Gasteiger partial charge in [0.15, 0.2) is 0 Å². The van der Waals surface area contributed by atoms with Crippen molar-refractivity contribution >= 4 is 33.4 Å². The minimum absolute atomic E-state index is 0.00658. The van der Waals surface area contributed by atoms with Crippen LogP contribution >= 0.6 is 11.3 Å². The third-order valence-corrected chi connectivity index (χ3v) is 4.81. The molecule has 8 nitrogen and oxygen atoms in total. The van der Waals surface area contributed by atoms with E-state index in [1.54, 1.807) is 6.92 Å². The number of carbonyl (C=O) groups is 2. The zero-order chi connectivity index (χ0) is 19.8. The van der Waals surface area contributed by atoms with Crippen LogP contribution in [0.5, 0.6) is 0 Å². The van der Waals surface area contributed by atoms with Crippen molar-refractivity contribution in [3.05, 3.63) is 40.2 Å². The van der Waals surface area contributed by atoms with Gasteiger partial charge in [-0.15, -0.1) is 16.4 Å². The Labute approximate surface area is 153 Å². The van der Waals surface area contributed by atoms with Gasteiger partial charge in [-0.1, -0.05) is 5.21 Å². The number of aromatic nitrogens is 4. The summed E-state index contributed by atoms with van der Waals surface area (Å²) < 4.78 is 39.5. The first-order chi connectivity index (χ1) is 12.6. The van der Waals surface area contributed by atoms with Gasteiger partial charge in [-0.05, 0) is 24.6 Å². The molecule has 3 aromatic rings. The Kier molecular flexibility index (Phi) is 4.83. The standard InChI is InChI=1S/C15H12F3N5O3S/c1-7-9-2-3-10(15(16,17)18)20-14(9)27-12(7)13(26)19-4-8-5-23(22-21-8)6-11(24)25/h2-3,5H,4,6H2,1H3,(H,19,26)(H,24,25). The maximum atomic E-state index is 12.8. The predicted molar refractivity (Wildman–Crippen MR) is 88.2 cm³/mol. The smallest absolute Gasteiger partial charge is 0.433 e. The van der Waals surface area contributed by atoms with Gasteiger partial charge in [0.2, 0.25) is 0 Å². The molecule has 0 radical (unpaired) electrons. The molecule has 1 amide bonds. The fraction of sp³-hybridized carbons (Fsp3) is 0.267. The van der Waals surface area contributed by atoms with Crippen molar-refractivity contribution in [2.24, 2.45) is 0 Å². The summed E-state index contributed by atoms with van der Waals surface area (Å²) in [4.78, 5) is 26.9. The fourth-order valence-electron chi connectivity index (χ4n) is 2.36. The van der Waals surface area contributed by atoms with E-state index in [2.05, 4.69) is 20.6 Å². The van der Waals surface area contributed by atoms with Gasteiger partial charge in [0.25, 0.3) is 5.91 Å². The Morgan fingerprint density at radius 1 is 1.33 bits per heavy atom. The van der Waals surface area contributed by atoms with Gasteiger partial charge in [-0.2, -0.15) is 13.2 Å². The monoisotopic (exact) mass is 399 g/mol. The minimum atomic E-state index is -4.56. The van der Waals surface area contributed by atoms with Crippen LogP contribution in [0.25, 0.3) is 10.2 Å². The van der Waals surface area contributed by atoms with E-state index in [0.717, 1.165) is 22.1 Å². The van der Waals surface area contributed by atoms with Crippen LogP contribution in [0.3, 0.4) is 0 Å². The number of halogens is 3. The number of nitrogens with one attached hydrogen (secondary N) is 1. The summed E-state index contributed by atoms with van der Waals surface area (Å²) in [5.74, 6) is -1.57. The molecule has 3 aromatic heterocycles. The number of nitrogens with zero attached hydrogens (tertiary/aromatic N) is 4. The van der Waals surface area contributed by atoms with Crippen molar-refractivity contribution in [1.82, 2.24) is 25.3 Å². The molecule has 0 saturated carbocycles. The van der Waals surface area contributed by atoms with Crippen LogP contribution in [-0.2, 0) is 24.1 Å². The molecule has 0 unspecified atom stereocenters. The highest BCUT2D eigenvalue weighted by molar-refractivity contribution is 7.20. The van der Waals surface area contributed by atoms with Crippen molar-refractivity contribution in [1.29, 1.82) is 0 Å². The first kappa shape index (κ1) is 18.8. The largest absolute Gasteiger partial charge is 0.480 e. The molecule has 0 aliphatic heterocycles. The van der Waals surface area contributed by atoms with Crippen LogP contribution < -0.4 is 5.32 Å². The summed E-state index contributed by atoms with van der Waals surface area (Å²) in [5, 5.41) is 19.1. The second-order valence-corrected chi connectivity index (χ2v) is 6.59. The van der Waals surface area contributed by atoms with E-state index < -0.39 is 23.7 Å². The number of aliphatic carboxylic acids is 1. The lowest BCUT2D eigenvalue weighted by molar-refractivity contribution is -0.141. The molecule has 2 N–H and O–H groups in total. The number of fused-ring (bicyclic) bond motifs is 1. The van der Waals surface area contributed by atoms with Crippen LogP contribution in [0.2, 0.25) is 0 Å². The summed E-state index contributed by atoms with van der Waals surface area (Å²) in [7, 11) is 0. The van der Waals surface area contributed by atoms with E-state index in [1.165, 1.54) is 12.3 Å². The van der Waals surface area contributed by atoms with Gasteiger partial charge in [0, 0.05) is 5.39 Å². The molecule has 0 fully saturated rings. The first-order valence-electron chi connectivity index (χ1n) is 7.51. The van der Waals surface area contributed by atoms with E-state index in [4.69, 9.17) is 5.11 Å². The van der Waals surface area contributed by atoms with Crippen LogP contribution in [0.1, 0.15) is 26.6 Å². The Balaban J connectivity index is 1.76. The summed E-state index contributed by atoms with van der Waals surface area (Å²) in [5.41, 5.74) is -0.137. The molecule has 0 bridgehead atoms. The number of thiophene rings is 1. The Morgan fingerprint density at radius 3 is 2.74 bits per heavy atom. The third-order valence-electron chi connectivity index (χ3n) is 3.61. The van der Waals surface area contributed by atoms with Crippen molar-refractivity contribution in [2.45, 2.75) is 26.2 Å². The van der Waals surface area contributed by atoms with E-state index in [9.17, 15) is 22.8 Å². The molecule has 0 aliphatic rings. The van der Waals surface area contributed by atoms with Gasteiger partial charge >= 0.3 is 12.1 Å². The Bertz CT molecular complexity index is 1030. The number of carboxylic acid groups (broad SMARTS) is 1. The lowest BCUT2D eigenvalue weighted by Gasteiger charge is -2.04. The number of pyridine rings is 1. The molecule has 27 heavy (non-hydrogen) atoms. The number of amides is 1. The lowest BCUT2D eigenvalue weighted by Crippen LogP contribution is -2.22. The molecule has 0 aromatic carbocycles. The molecule has 3 heterocycles. The number of carboxylic acids is 1. The maximum Gasteiger partial charge on any atom is 0.433 e. The summed E-state index contributed by atoms with van der Waals surface area (Å²) >= 11 is 0.869. The SMILES string of the molecule is Cc1c(C(=O)NCc2cn(CC(=O)O)nn2)sc2nc(C(F)(F)F)ccc12. The first-order valence-corrected chi connectivity index (χ1v) is 8.33. The number of hydrogen-bond donors (Lipinski definition) is 2. The number of aryl methyl sites for hydroxylation is 1. The number of alkyl halides is 3. The van der Waals surface area contributed by atoms with E-state index in [1.807, 2.05) is 0 Å². The van der Waals surface area contributed by atoms with Crippen LogP contribution in [0, 0.1) is 6.92 Å². The molecule has 12 heteroatoms. The third kappa shape index (κ3) is 4.05. The van der Waals surface area contributed by atoms with Crippen molar-refractivity contribution in [3.63, 3.8) is 0 Å². The summed E-state index contributed by atoms with van der Waals surface area (Å²) in [6, 6.07) is 2.18. The van der Waals surface area contributed by atoms with Crippen molar-refractivity contribution in [2.75, 3.05) is 0 Å². The molecule has 0 saturated heterocycles. The second-order valence-electron chi connectivity index (χ2n) is 5.59. The van der Waals surface area contributed by atoms with Crippen LogP contribution in [-0.4, -0.2) is 37.0 Å². The fourth-order valence-corrected chi connectivity index (χ4v) is 3.46. The zero-order valence-corrected chi connectivity index (χ0v) is 14.6. The quantitative estimate of drug-likeness (QED) is 0.681. The van der Waals surface area contributed by atoms with Crippen LogP contribution in [0.15, 0.2) is 18.3 Å². The van der Waals surface area contributed by atoms with Crippen LogP contribution in [0.4, 0.5) is 13.2 Å². The topological polar surface area (TPSA) is 110 Å². The Morgan fingerprint density at radius 2 is 2.07 bits per heavy atom. The van der Waals surface area contributed by atoms with Gasteiger partial charge in [0.1, 0.15) is 22.8 Å². The molecule has 0 aliphatic carbocycles. The lowest BCUT2D eigenvalue weighted by atomic mass is 10.2. The van der Waals surface area contributed by atoms with Gasteiger partial charge in [-0.3, -0.25) is 9.59 Å². The van der Waals surface area contributed by atoms with E-state index in [-0.39, 0.29) is 22.8 Å². The van der Waals surface area contributed by atoms with Crippen molar-refractivity contribution in [3.8, 4) is 0 Å². The molecule has 0 atom stereocenters. The predicted octanol–water partition coefficient (Wildman–Crippen LogP) is 2.23. The zero-order valence-electron chi connectivity index (χ0n) is 13.7. The summed E-state index contributed by atoms with van der Waals surface area (Å²) in [6.07, 6.45) is -3.18. The van der Waals surface area contributed by atoms with E-state index in [0.29, 0.717) is 16.6 Å². The minimum Gasteiger partial charge on any atom is -0.480 e. The van der Waals surface area contributed by atoms with Gasteiger partial charge in [0.05, 0.1) is 17.6 Å². The average molecular weight is 399 g/mol. The Hall–Kier alpha value is -3.02. The normalized spacial score (nSPS) is 11.7. The van der Waals surface area contributed by atoms with Gasteiger partial charge < -0.3 is 10.4 Å². The molecule has 0 spiro atoms. The molecule has 142 valence electrons. The van der Waals surface area contributed by atoms with Crippen molar-refractivity contribution < 1.29 is 27.9 Å². The van der Waals surface area contributed by atoms with E-state index >= 15 is 0 Å². The highest BCUT2D eigenvalue weighted by atomic mass is 32.1. The summed E-state index contributed by atoms with van der Waals surface area (Å²) in [6.45, 7) is 1.27.